The lowest BCUT2D eigenvalue weighted by atomic mass is 10.0. The Bertz CT molecular complexity index is 743. The quantitative estimate of drug-likeness (QED) is 0.638. The van der Waals surface area contributed by atoms with Crippen LogP contribution < -0.4 is 4.74 Å². The van der Waals surface area contributed by atoms with E-state index in [1.54, 1.807) is 24.3 Å². The van der Waals surface area contributed by atoms with Crippen LogP contribution in [0.15, 0.2) is 41.0 Å². The first-order valence-corrected chi connectivity index (χ1v) is 8.56. The Kier molecular flexibility index (Phi) is 5.56. The second kappa shape index (κ2) is 8.03. The molecule has 25 heavy (non-hydrogen) atoms. The number of likely N-dealkylation sites (tertiary alicyclic amines) is 1. The molecule has 1 fully saturated rings. The van der Waals surface area contributed by atoms with Gasteiger partial charge in [-0.05, 0) is 55.8 Å². The van der Waals surface area contributed by atoms with Crippen LogP contribution in [0.1, 0.15) is 40.9 Å². The van der Waals surface area contributed by atoms with Crippen molar-refractivity contribution in [3.63, 3.8) is 0 Å². The summed E-state index contributed by atoms with van der Waals surface area (Å²) in [5.74, 6) is 0.679. The Morgan fingerprint density at radius 2 is 2.08 bits per heavy atom. The van der Waals surface area contributed by atoms with Crippen LogP contribution in [0.5, 0.6) is 11.5 Å². The maximum Gasteiger partial charge on any atom is 0.221 e. The standard InChI is InChI=1S/C20H23NO4/c1-24-19-10-8-15(7-9-17(22)18-6-5-13-25-18)16(20(19)23)14-21-11-3-2-4-12-21/h5-10,13,23H,2-4,11-12,14H2,1H3/b9-7+. The van der Waals surface area contributed by atoms with Gasteiger partial charge < -0.3 is 14.3 Å². The molecule has 0 atom stereocenters. The van der Waals surface area contributed by atoms with Crippen molar-refractivity contribution in [1.29, 1.82) is 0 Å². The summed E-state index contributed by atoms with van der Waals surface area (Å²) >= 11 is 0. The van der Waals surface area contributed by atoms with Crippen molar-refractivity contribution in [2.45, 2.75) is 25.8 Å². The minimum atomic E-state index is -0.204. The summed E-state index contributed by atoms with van der Waals surface area (Å²) < 4.78 is 10.4. The number of benzene rings is 1. The lowest BCUT2D eigenvalue weighted by Gasteiger charge is -2.27. The Hall–Kier alpha value is -2.53. The second-order valence-electron chi connectivity index (χ2n) is 6.20. The lowest BCUT2D eigenvalue weighted by Crippen LogP contribution is -2.29. The van der Waals surface area contributed by atoms with E-state index in [0.717, 1.165) is 24.2 Å². The summed E-state index contributed by atoms with van der Waals surface area (Å²) in [5.41, 5.74) is 1.59. The third-order valence-electron chi connectivity index (χ3n) is 4.51. The number of furan rings is 1. The number of methoxy groups -OCH3 is 1. The maximum absolute atomic E-state index is 12.1. The maximum atomic E-state index is 12.1. The van der Waals surface area contributed by atoms with Gasteiger partial charge in [0.05, 0.1) is 13.4 Å². The molecule has 132 valence electrons. The molecule has 0 spiro atoms. The topological polar surface area (TPSA) is 62.9 Å². The van der Waals surface area contributed by atoms with Crippen LogP contribution in [0.2, 0.25) is 0 Å². The van der Waals surface area contributed by atoms with Crippen LogP contribution in [-0.2, 0) is 6.54 Å². The summed E-state index contributed by atoms with van der Waals surface area (Å²) in [7, 11) is 1.54. The van der Waals surface area contributed by atoms with Gasteiger partial charge in [0.15, 0.2) is 17.3 Å². The van der Waals surface area contributed by atoms with Gasteiger partial charge in [0.25, 0.3) is 0 Å². The molecule has 1 aromatic carbocycles. The molecule has 0 unspecified atom stereocenters. The van der Waals surface area contributed by atoms with Crippen LogP contribution in [-0.4, -0.2) is 36.0 Å². The minimum Gasteiger partial charge on any atom is -0.504 e. The van der Waals surface area contributed by atoms with E-state index in [2.05, 4.69) is 4.90 Å². The van der Waals surface area contributed by atoms with Crippen molar-refractivity contribution in [3.8, 4) is 11.5 Å². The largest absolute Gasteiger partial charge is 0.504 e. The molecule has 1 aliphatic rings. The Morgan fingerprint density at radius 3 is 2.76 bits per heavy atom. The third-order valence-corrected chi connectivity index (χ3v) is 4.51. The van der Waals surface area contributed by atoms with Gasteiger partial charge in [-0.3, -0.25) is 9.69 Å². The number of aromatic hydroxyl groups is 1. The first kappa shape index (κ1) is 17.3. The van der Waals surface area contributed by atoms with Gasteiger partial charge in [0, 0.05) is 12.1 Å². The normalized spacial score (nSPS) is 15.6. The predicted molar refractivity (Wildman–Crippen MR) is 95.9 cm³/mol. The molecule has 0 aliphatic carbocycles. The fourth-order valence-corrected chi connectivity index (χ4v) is 3.12. The van der Waals surface area contributed by atoms with Crippen LogP contribution in [0.4, 0.5) is 0 Å². The molecule has 5 heteroatoms. The van der Waals surface area contributed by atoms with E-state index in [-0.39, 0.29) is 11.5 Å². The third kappa shape index (κ3) is 4.12. The van der Waals surface area contributed by atoms with Crippen LogP contribution in [0.25, 0.3) is 6.08 Å². The fraction of sp³-hybridized carbons (Fsp3) is 0.350. The van der Waals surface area contributed by atoms with Crippen molar-refractivity contribution < 1.29 is 19.1 Å². The number of nitrogens with zero attached hydrogens (tertiary/aromatic N) is 1. The first-order chi connectivity index (χ1) is 12.2. The first-order valence-electron chi connectivity index (χ1n) is 8.56. The number of ketones is 1. The number of piperidine rings is 1. The number of rotatable bonds is 6. The Labute approximate surface area is 147 Å². The molecule has 2 aromatic rings. The van der Waals surface area contributed by atoms with Gasteiger partial charge in [0.2, 0.25) is 5.78 Å². The van der Waals surface area contributed by atoms with Gasteiger partial charge in [0.1, 0.15) is 0 Å². The SMILES string of the molecule is COc1ccc(/C=C/C(=O)c2ccco2)c(CN2CCCCC2)c1O. The van der Waals surface area contributed by atoms with Gasteiger partial charge in [-0.2, -0.15) is 0 Å². The summed E-state index contributed by atoms with van der Waals surface area (Å²) in [6.07, 6.45) is 8.27. The minimum absolute atomic E-state index is 0.140. The molecule has 0 radical (unpaired) electrons. The second-order valence-corrected chi connectivity index (χ2v) is 6.20. The number of hydrogen-bond acceptors (Lipinski definition) is 5. The summed E-state index contributed by atoms with van der Waals surface area (Å²) in [6.45, 7) is 2.67. The highest BCUT2D eigenvalue weighted by atomic mass is 16.5. The van der Waals surface area contributed by atoms with Gasteiger partial charge in [-0.1, -0.05) is 18.6 Å². The van der Waals surface area contributed by atoms with Crippen LogP contribution in [0.3, 0.4) is 0 Å². The molecule has 5 nitrogen and oxygen atoms in total. The molecular formula is C20H23NO4. The molecule has 1 N–H and O–H groups in total. The monoisotopic (exact) mass is 341 g/mol. The van der Waals surface area contributed by atoms with E-state index in [1.807, 2.05) is 6.07 Å². The van der Waals surface area contributed by atoms with E-state index in [9.17, 15) is 9.90 Å². The zero-order chi connectivity index (χ0) is 17.6. The fourth-order valence-electron chi connectivity index (χ4n) is 3.12. The van der Waals surface area contributed by atoms with Crippen LogP contribution in [0, 0.1) is 0 Å². The van der Waals surface area contributed by atoms with E-state index < -0.39 is 0 Å². The number of phenolic OH excluding ortho intramolecular Hbond substituents is 1. The highest BCUT2D eigenvalue weighted by Gasteiger charge is 2.17. The molecular weight excluding hydrogens is 318 g/mol. The molecule has 1 aromatic heterocycles. The molecule has 1 saturated heterocycles. The van der Waals surface area contributed by atoms with Gasteiger partial charge in [-0.25, -0.2) is 0 Å². The average molecular weight is 341 g/mol. The number of ether oxygens (including phenoxy) is 1. The number of allylic oxidation sites excluding steroid dienone is 1. The Morgan fingerprint density at radius 1 is 1.28 bits per heavy atom. The van der Waals surface area contributed by atoms with E-state index in [4.69, 9.17) is 9.15 Å². The smallest absolute Gasteiger partial charge is 0.221 e. The highest BCUT2D eigenvalue weighted by molar-refractivity contribution is 6.04. The molecule has 1 aliphatic heterocycles. The van der Waals surface area contributed by atoms with Gasteiger partial charge in [-0.15, -0.1) is 0 Å². The molecule has 0 saturated carbocycles. The van der Waals surface area contributed by atoms with E-state index >= 15 is 0 Å². The number of carbonyl (C=O) groups excluding carboxylic acids is 1. The average Bonchev–Trinajstić information content (AvgIpc) is 3.18. The van der Waals surface area contributed by atoms with Crippen molar-refractivity contribution in [2.75, 3.05) is 20.2 Å². The predicted octanol–water partition coefficient (Wildman–Crippen LogP) is 3.88. The summed E-state index contributed by atoms with van der Waals surface area (Å²) in [6, 6.07) is 6.89. The lowest BCUT2D eigenvalue weighted by molar-refractivity contribution is 0.102. The molecule has 0 bridgehead atoms. The molecule has 2 heterocycles. The number of hydrogen-bond donors (Lipinski definition) is 1. The summed E-state index contributed by atoms with van der Waals surface area (Å²) in [4.78, 5) is 14.4. The van der Waals surface area contributed by atoms with Crippen molar-refractivity contribution in [3.05, 3.63) is 53.5 Å². The Balaban J connectivity index is 1.86. The molecule has 0 amide bonds. The van der Waals surface area contributed by atoms with Gasteiger partial charge >= 0.3 is 0 Å². The zero-order valence-electron chi connectivity index (χ0n) is 14.4. The number of phenols is 1. The number of carbonyl (C=O) groups is 1. The van der Waals surface area contributed by atoms with Crippen molar-refractivity contribution in [2.24, 2.45) is 0 Å². The van der Waals surface area contributed by atoms with E-state index in [0.29, 0.717) is 18.1 Å². The summed E-state index contributed by atoms with van der Waals surface area (Å²) in [5, 5.41) is 10.6. The molecule has 3 rings (SSSR count). The highest BCUT2D eigenvalue weighted by Crippen LogP contribution is 2.34. The van der Waals surface area contributed by atoms with Crippen LogP contribution >= 0.6 is 0 Å². The van der Waals surface area contributed by atoms with E-state index in [1.165, 1.54) is 38.7 Å². The van der Waals surface area contributed by atoms with Crippen molar-refractivity contribution >= 4 is 11.9 Å². The van der Waals surface area contributed by atoms with Crippen molar-refractivity contribution in [1.82, 2.24) is 4.90 Å². The zero-order valence-corrected chi connectivity index (χ0v) is 14.4.